The van der Waals surface area contributed by atoms with Gasteiger partial charge < -0.3 is 10.6 Å². The Hall–Kier alpha value is -2.24. The second-order valence-electron chi connectivity index (χ2n) is 5.90. The predicted octanol–water partition coefficient (Wildman–Crippen LogP) is 3.84. The fraction of sp³-hybridized carbons (Fsp3) is 0.389. The number of hydrogen-bond acceptors (Lipinski definition) is 2. The fourth-order valence-corrected chi connectivity index (χ4v) is 2.63. The van der Waals surface area contributed by atoms with Crippen molar-refractivity contribution in [2.75, 3.05) is 12.4 Å². The quantitative estimate of drug-likeness (QED) is 0.856. The normalized spacial score (nSPS) is 18.7. The van der Waals surface area contributed by atoms with Crippen molar-refractivity contribution in [2.45, 2.75) is 32.0 Å². The van der Waals surface area contributed by atoms with Crippen molar-refractivity contribution in [3.05, 3.63) is 53.6 Å². The van der Waals surface area contributed by atoms with E-state index in [1.54, 1.807) is 6.92 Å². The molecule has 2 atom stereocenters. The molecule has 0 aliphatic heterocycles. The molecule has 0 heterocycles. The van der Waals surface area contributed by atoms with Crippen LogP contribution in [-0.2, 0) is 11.2 Å². The van der Waals surface area contributed by atoms with Crippen LogP contribution >= 0.6 is 0 Å². The number of carbonyl (C=O) groups excluding carboxylic acids is 1. The van der Waals surface area contributed by atoms with E-state index in [1.807, 2.05) is 31.3 Å². The van der Waals surface area contributed by atoms with Crippen LogP contribution in [0.5, 0.6) is 0 Å². The fourth-order valence-electron chi connectivity index (χ4n) is 2.63. The van der Waals surface area contributed by atoms with Crippen LogP contribution in [0.3, 0.4) is 0 Å². The summed E-state index contributed by atoms with van der Waals surface area (Å²) in [6.07, 6.45) is 0.131. The predicted molar refractivity (Wildman–Crippen MR) is 88.7 cm³/mol. The number of allylic oxidation sites excluding steroid dienone is 3. The Kier molecular flexibility index (Phi) is 5.70. The summed E-state index contributed by atoms with van der Waals surface area (Å²) >= 11 is 0. The second kappa shape index (κ2) is 7.55. The van der Waals surface area contributed by atoms with Crippen molar-refractivity contribution in [1.82, 2.24) is 5.32 Å². The molecule has 2 rings (SSSR count). The van der Waals surface area contributed by atoms with Gasteiger partial charge in [-0.3, -0.25) is 4.79 Å². The third-order valence-corrected chi connectivity index (χ3v) is 4.06. The van der Waals surface area contributed by atoms with E-state index in [0.717, 1.165) is 17.3 Å². The van der Waals surface area contributed by atoms with Crippen molar-refractivity contribution in [1.29, 1.82) is 0 Å². The van der Waals surface area contributed by atoms with Crippen LogP contribution in [-0.4, -0.2) is 25.2 Å². The SMILES string of the molecule is CNc1ccc(CC(=O)NC(C)C2C=C(C(F)(F)F)C=CC2)cc1. The number of halogens is 3. The van der Waals surface area contributed by atoms with Crippen LogP contribution in [0, 0.1) is 5.92 Å². The molecule has 1 amide bonds. The molecule has 3 nitrogen and oxygen atoms in total. The van der Waals surface area contributed by atoms with Gasteiger partial charge in [0.05, 0.1) is 12.0 Å². The summed E-state index contributed by atoms with van der Waals surface area (Å²) in [5, 5.41) is 5.79. The van der Waals surface area contributed by atoms with Gasteiger partial charge in [-0.05, 0) is 31.0 Å². The van der Waals surface area contributed by atoms with Crippen molar-refractivity contribution in [2.24, 2.45) is 5.92 Å². The summed E-state index contributed by atoms with van der Waals surface area (Å²) < 4.78 is 38.3. The Morgan fingerprint density at radius 1 is 1.29 bits per heavy atom. The third-order valence-electron chi connectivity index (χ3n) is 4.06. The van der Waals surface area contributed by atoms with E-state index >= 15 is 0 Å². The van der Waals surface area contributed by atoms with Gasteiger partial charge >= 0.3 is 6.18 Å². The number of hydrogen-bond donors (Lipinski definition) is 2. The Labute approximate surface area is 139 Å². The highest BCUT2D eigenvalue weighted by atomic mass is 19.4. The first-order chi connectivity index (χ1) is 11.3. The number of nitrogens with one attached hydrogen (secondary N) is 2. The molecule has 1 aromatic rings. The van der Waals surface area contributed by atoms with Crippen LogP contribution < -0.4 is 10.6 Å². The Morgan fingerprint density at radius 2 is 1.96 bits per heavy atom. The molecule has 1 aliphatic rings. The lowest BCUT2D eigenvalue weighted by molar-refractivity contribution is -0.121. The minimum absolute atomic E-state index is 0.198. The second-order valence-corrected chi connectivity index (χ2v) is 5.90. The molecule has 0 aromatic heterocycles. The summed E-state index contributed by atoms with van der Waals surface area (Å²) in [6.45, 7) is 1.73. The van der Waals surface area contributed by atoms with E-state index in [9.17, 15) is 18.0 Å². The average molecular weight is 338 g/mol. The van der Waals surface area contributed by atoms with Crippen LogP contribution in [0.25, 0.3) is 0 Å². The maximum Gasteiger partial charge on any atom is 0.416 e. The average Bonchev–Trinajstić information content (AvgIpc) is 2.54. The lowest BCUT2D eigenvalue weighted by atomic mass is 9.90. The first-order valence-corrected chi connectivity index (χ1v) is 7.81. The van der Waals surface area contributed by atoms with Gasteiger partial charge in [0, 0.05) is 24.7 Å². The highest BCUT2D eigenvalue weighted by Crippen LogP contribution is 2.32. The monoisotopic (exact) mass is 338 g/mol. The van der Waals surface area contributed by atoms with Gasteiger partial charge in [-0.1, -0.05) is 30.4 Å². The largest absolute Gasteiger partial charge is 0.416 e. The summed E-state index contributed by atoms with van der Waals surface area (Å²) in [4.78, 5) is 12.1. The molecule has 130 valence electrons. The molecule has 0 saturated carbocycles. The zero-order valence-corrected chi connectivity index (χ0v) is 13.7. The Balaban J connectivity index is 1.93. The van der Waals surface area contributed by atoms with Crippen LogP contribution in [0.4, 0.5) is 18.9 Å². The lowest BCUT2D eigenvalue weighted by Gasteiger charge is -2.25. The first kappa shape index (κ1) is 18.1. The Bertz CT molecular complexity index is 633. The van der Waals surface area contributed by atoms with E-state index in [4.69, 9.17) is 0 Å². The van der Waals surface area contributed by atoms with Crippen molar-refractivity contribution >= 4 is 11.6 Å². The maximum atomic E-state index is 12.8. The molecular weight excluding hydrogens is 317 g/mol. The number of rotatable bonds is 5. The van der Waals surface area contributed by atoms with Gasteiger partial charge in [-0.2, -0.15) is 13.2 Å². The lowest BCUT2D eigenvalue weighted by Crippen LogP contribution is -2.39. The molecule has 1 aliphatic carbocycles. The van der Waals surface area contributed by atoms with E-state index in [2.05, 4.69) is 10.6 Å². The van der Waals surface area contributed by atoms with Gasteiger partial charge in [0.1, 0.15) is 0 Å². The minimum Gasteiger partial charge on any atom is -0.388 e. The summed E-state index contributed by atoms with van der Waals surface area (Å²) in [5.74, 6) is -0.557. The first-order valence-electron chi connectivity index (χ1n) is 7.81. The van der Waals surface area contributed by atoms with E-state index in [-0.39, 0.29) is 24.3 Å². The number of anilines is 1. The van der Waals surface area contributed by atoms with E-state index in [1.165, 1.54) is 12.2 Å². The molecule has 0 fully saturated rings. The van der Waals surface area contributed by atoms with Crippen molar-refractivity contribution in [3.8, 4) is 0 Å². The molecule has 0 bridgehead atoms. The Morgan fingerprint density at radius 3 is 2.54 bits per heavy atom. The molecule has 2 N–H and O–H groups in total. The zero-order valence-electron chi connectivity index (χ0n) is 13.7. The topological polar surface area (TPSA) is 41.1 Å². The van der Waals surface area contributed by atoms with Crippen LogP contribution in [0.1, 0.15) is 18.9 Å². The smallest absolute Gasteiger partial charge is 0.388 e. The van der Waals surface area contributed by atoms with Crippen molar-refractivity contribution in [3.63, 3.8) is 0 Å². The van der Waals surface area contributed by atoms with E-state index < -0.39 is 11.7 Å². The molecule has 0 radical (unpaired) electrons. The number of alkyl halides is 3. The maximum absolute atomic E-state index is 12.8. The molecule has 2 unspecified atom stereocenters. The standard InChI is InChI=1S/C18H21F3N2O/c1-12(14-4-3-5-15(11-14)18(19,20)21)23-17(24)10-13-6-8-16(22-2)9-7-13/h3,5-9,11-12,14,22H,4,10H2,1-2H3,(H,23,24). The van der Waals surface area contributed by atoms with Gasteiger partial charge in [0.15, 0.2) is 0 Å². The van der Waals surface area contributed by atoms with Gasteiger partial charge in [-0.15, -0.1) is 0 Å². The minimum atomic E-state index is -4.35. The number of carbonyl (C=O) groups is 1. The molecule has 0 saturated heterocycles. The highest BCUT2D eigenvalue weighted by Gasteiger charge is 2.34. The van der Waals surface area contributed by atoms with Gasteiger partial charge in [-0.25, -0.2) is 0 Å². The zero-order chi connectivity index (χ0) is 17.7. The van der Waals surface area contributed by atoms with Crippen molar-refractivity contribution < 1.29 is 18.0 Å². The number of benzene rings is 1. The van der Waals surface area contributed by atoms with E-state index in [0.29, 0.717) is 6.42 Å². The van der Waals surface area contributed by atoms with Gasteiger partial charge in [0.2, 0.25) is 5.91 Å². The summed E-state index contributed by atoms with van der Waals surface area (Å²) in [7, 11) is 1.81. The summed E-state index contributed by atoms with van der Waals surface area (Å²) in [6, 6.07) is 7.07. The molecule has 6 heteroatoms. The molecule has 1 aromatic carbocycles. The van der Waals surface area contributed by atoms with Gasteiger partial charge in [0.25, 0.3) is 0 Å². The highest BCUT2D eigenvalue weighted by molar-refractivity contribution is 5.79. The molecular formula is C18H21F3N2O. The molecule has 24 heavy (non-hydrogen) atoms. The van der Waals surface area contributed by atoms with Crippen LogP contribution in [0.15, 0.2) is 48.1 Å². The molecule has 0 spiro atoms. The van der Waals surface area contributed by atoms with Crippen LogP contribution in [0.2, 0.25) is 0 Å². The third kappa shape index (κ3) is 4.88. The summed E-state index contributed by atoms with van der Waals surface area (Å²) in [5.41, 5.74) is 1.16. The number of amides is 1.